The van der Waals surface area contributed by atoms with Gasteiger partial charge in [0.1, 0.15) is 5.82 Å². The molecule has 0 saturated heterocycles. The van der Waals surface area contributed by atoms with E-state index in [2.05, 4.69) is 4.74 Å². The molecule has 0 aliphatic heterocycles. The minimum absolute atomic E-state index is 0.00999. The number of hydrogen-bond acceptors (Lipinski definition) is 4. The van der Waals surface area contributed by atoms with Crippen LogP contribution in [0.2, 0.25) is 5.02 Å². The molecule has 0 saturated carbocycles. The van der Waals surface area contributed by atoms with Gasteiger partial charge in [-0.05, 0) is 25.1 Å². The van der Waals surface area contributed by atoms with Gasteiger partial charge < -0.3 is 4.74 Å². The summed E-state index contributed by atoms with van der Waals surface area (Å²) in [6, 6.07) is 3.71. The monoisotopic (exact) mass is 308 g/mol. The number of sulfone groups is 1. The summed E-state index contributed by atoms with van der Waals surface area (Å²) >= 11 is 5.70. The lowest BCUT2D eigenvalue weighted by Crippen LogP contribution is -2.23. The molecule has 0 spiro atoms. The molecule has 7 heteroatoms. The molecule has 1 rings (SSSR count). The zero-order valence-corrected chi connectivity index (χ0v) is 12.1. The predicted octanol–water partition coefficient (Wildman–Crippen LogP) is 2.35. The summed E-state index contributed by atoms with van der Waals surface area (Å²) in [6.45, 7) is 1.38. The Labute approximate surface area is 116 Å². The highest BCUT2D eigenvalue weighted by Gasteiger charge is 2.25. The Morgan fingerprint density at radius 3 is 2.68 bits per heavy atom. The predicted molar refractivity (Wildman–Crippen MR) is 70.1 cm³/mol. The third-order valence-corrected chi connectivity index (χ3v) is 5.00. The molecule has 0 aliphatic carbocycles. The third-order valence-electron chi connectivity index (χ3n) is 2.66. The van der Waals surface area contributed by atoms with Gasteiger partial charge in [-0.15, -0.1) is 0 Å². The van der Waals surface area contributed by atoms with Crippen molar-refractivity contribution in [2.45, 2.75) is 24.3 Å². The van der Waals surface area contributed by atoms with Crippen LogP contribution in [0.5, 0.6) is 0 Å². The van der Waals surface area contributed by atoms with Crippen LogP contribution in [0.3, 0.4) is 0 Å². The van der Waals surface area contributed by atoms with E-state index in [0.29, 0.717) is 0 Å². The number of halogens is 2. The molecular weight excluding hydrogens is 295 g/mol. The number of ether oxygens (including phenoxy) is 1. The molecule has 19 heavy (non-hydrogen) atoms. The highest BCUT2D eigenvalue weighted by Crippen LogP contribution is 2.20. The summed E-state index contributed by atoms with van der Waals surface area (Å²) in [5.41, 5.74) is -0.00999. The fraction of sp³-hybridized carbons (Fsp3) is 0.417. The van der Waals surface area contributed by atoms with Crippen LogP contribution in [0.1, 0.15) is 18.9 Å². The van der Waals surface area contributed by atoms with E-state index in [4.69, 9.17) is 11.6 Å². The summed E-state index contributed by atoms with van der Waals surface area (Å²) in [6.07, 6.45) is -0.263. The van der Waals surface area contributed by atoms with Crippen LogP contribution in [0.15, 0.2) is 18.2 Å². The Balaban J connectivity index is 2.90. The van der Waals surface area contributed by atoms with E-state index >= 15 is 0 Å². The Morgan fingerprint density at radius 2 is 2.11 bits per heavy atom. The SMILES string of the molecule is COC(=O)CC(C)S(=O)(=O)Cc1cc(Cl)ccc1F. The summed E-state index contributed by atoms with van der Waals surface area (Å²) in [5.74, 6) is -1.77. The van der Waals surface area contributed by atoms with Crippen molar-refractivity contribution in [3.05, 3.63) is 34.6 Å². The first kappa shape index (κ1) is 15.9. The Hall–Kier alpha value is -1.14. The molecule has 0 fully saturated rings. The highest BCUT2D eigenvalue weighted by atomic mass is 35.5. The second-order valence-corrected chi connectivity index (χ2v) is 6.99. The Morgan fingerprint density at radius 1 is 1.47 bits per heavy atom. The van der Waals surface area contributed by atoms with Crippen molar-refractivity contribution >= 4 is 27.4 Å². The van der Waals surface area contributed by atoms with Crippen LogP contribution >= 0.6 is 11.6 Å². The van der Waals surface area contributed by atoms with Crippen LogP contribution in [0.4, 0.5) is 4.39 Å². The molecule has 1 aromatic carbocycles. The molecule has 1 atom stereocenters. The van der Waals surface area contributed by atoms with Crippen molar-refractivity contribution in [1.29, 1.82) is 0 Å². The number of benzene rings is 1. The molecular formula is C12H14ClFO4S. The van der Waals surface area contributed by atoms with Crippen molar-refractivity contribution in [3.8, 4) is 0 Å². The van der Waals surface area contributed by atoms with Crippen LogP contribution in [0.25, 0.3) is 0 Å². The van der Waals surface area contributed by atoms with E-state index in [-0.39, 0.29) is 17.0 Å². The van der Waals surface area contributed by atoms with E-state index < -0.39 is 32.6 Å². The van der Waals surface area contributed by atoms with Gasteiger partial charge in [0, 0.05) is 10.6 Å². The van der Waals surface area contributed by atoms with Crippen LogP contribution in [-0.2, 0) is 25.1 Å². The van der Waals surface area contributed by atoms with Gasteiger partial charge in [-0.3, -0.25) is 4.79 Å². The van der Waals surface area contributed by atoms with E-state index in [9.17, 15) is 17.6 Å². The lowest BCUT2D eigenvalue weighted by atomic mass is 10.2. The lowest BCUT2D eigenvalue weighted by molar-refractivity contribution is -0.140. The molecule has 1 unspecified atom stereocenters. The van der Waals surface area contributed by atoms with Crippen molar-refractivity contribution in [3.63, 3.8) is 0 Å². The number of hydrogen-bond donors (Lipinski definition) is 0. The van der Waals surface area contributed by atoms with Gasteiger partial charge in [0.25, 0.3) is 0 Å². The van der Waals surface area contributed by atoms with Crippen LogP contribution in [-0.4, -0.2) is 26.7 Å². The first-order valence-electron chi connectivity index (χ1n) is 5.48. The van der Waals surface area contributed by atoms with Gasteiger partial charge in [-0.25, -0.2) is 12.8 Å². The van der Waals surface area contributed by atoms with E-state index in [1.165, 1.54) is 26.2 Å². The quantitative estimate of drug-likeness (QED) is 0.783. The van der Waals surface area contributed by atoms with Crippen molar-refractivity contribution in [2.24, 2.45) is 0 Å². The topological polar surface area (TPSA) is 60.4 Å². The smallest absolute Gasteiger partial charge is 0.306 e. The van der Waals surface area contributed by atoms with E-state index in [0.717, 1.165) is 6.07 Å². The van der Waals surface area contributed by atoms with Crippen molar-refractivity contribution in [1.82, 2.24) is 0 Å². The maximum atomic E-state index is 13.5. The van der Waals surface area contributed by atoms with E-state index in [1.807, 2.05) is 0 Å². The highest BCUT2D eigenvalue weighted by molar-refractivity contribution is 7.91. The fourth-order valence-electron chi connectivity index (χ4n) is 1.46. The zero-order chi connectivity index (χ0) is 14.6. The van der Waals surface area contributed by atoms with Crippen LogP contribution < -0.4 is 0 Å². The lowest BCUT2D eigenvalue weighted by Gasteiger charge is -2.12. The van der Waals surface area contributed by atoms with Gasteiger partial charge in [0.15, 0.2) is 9.84 Å². The number of rotatable bonds is 5. The molecule has 4 nitrogen and oxygen atoms in total. The third kappa shape index (κ3) is 4.47. The second-order valence-electron chi connectivity index (χ2n) is 4.13. The number of carbonyl (C=O) groups is 1. The Kier molecular flexibility index (Phi) is 5.31. The molecule has 0 aliphatic rings. The number of carbonyl (C=O) groups excluding carboxylic acids is 1. The molecule has 0 aromatic heterocycles. The van der Waals surface area contributed by atoms with Crippen molar-refractivity contribution in [2.75, 3.05) is 7.11 Å². The van der Waals surface area contributed by atoms with Gasteiger partial charge in [0.05, 0.1) is 24.5 Å². The van der Waals surface area contributed by atoms with Gasteiger partial charge in [-0.1, -0.05) is 11.6 Å². The molecule has 0 heterocycles. The summed E-state index contributed by atoms with van der Waals surface area (Å²) in [7, 11) is -2.48. The maximum Gasteiger partial charge on any atom is 0.306 e. The average Bonchev–Trinajstić information content (AvgIpc) is 2.33. The van der Waals surface area contributed by atoms with E-state index in [1.54, 1.807) is 0 Å². The molecule has 0 N–H and O–H groups in total. The van der Waals surface area contributed by atoms with Gasteiger partial charge in [0.2, 0.25) is 0 Å². The summed E-state index contributed by atoms with van der Waals surface area (Å²) in [4.78, 5) is 11.1. The largest absolute Gasteiger partial charge is 0.469 e. The molecule has 1 aromatic rings. The fourth-order valence-corrected chi connectivity index (χ4v) is 2.98. The minimum atomic E-state index is -3.66. The standard InChI is InChI=1S/C12H14ClFO4S/c1-8(5-12(15)18-2)19(16,17)7-9-6-10(13)3-4-11(9)14/h3-4,6,8H,5,7H2,1-2H3. The van der Waals surface area contributed by atoms with Gasteiger partial charge in [-0.2, -0.15) is 0 Å². The molecule has 0 radical (unpaired) electrons. The zero-order valence-electron chi connectivity index (χ0n) is 10.5. The molecule has 0 bridgehead atoms. The molecule has 106 valence electrons. The Bertz CT molecular complexity index is 571. The average molecular weight is 309 g/mol. The maximum absolute atomic E-state index is 13.5. The minimum Gasteiger partial charge on any atom is -0.469 e. The van der Waals surface area contributed by atoms with Gasteiger partial charge >= 0.3 is 5.97 Å². The summed E-state index contributed by atoms with van der Waals surface area (Å²) in [5, 5.41) is -0.689. The number of methoxy groups -OCH3 is 1. The molecule has 0 amide bonds. The normalized spacial score (nSPS) is 13.1. The second kappa shape index (κ2) is 6.34. The number of esters is 1. The summed E-state index contributed by atoms with van der Waals surface area (Å²) < 4.78 is 41.9. The first-order chi connectivity index (χ1) is 8.76. The first-order valence-corrected chi connectivity index (χ1v) is 7.58. The van der Waals surface area contributed by atoms with Crippen molar-refractivity contribution < 1.29 is 22.3 Å². The van der Waals surface area contributed by atoms with Crippen LogP contribution in [0, 0.1) is 5.82 Å².